The van der Waals surface area contributed by atoms with Crippen LogP contribution in [0.15, 0.2) is 22.7 Å². The smallest absolute Gasteiger partial charge is 0.265 e. The fourth-order valence-electron chi connectivity index (χ4n) is 2.77. The molecule has 0 saturated carbocycles. The number of aryl methyl sites for hydroxylation is 2. The molecule has 5 heteroatoms. The van der Waals surface area contributed by atoms with Gasteiger partial charge >= 0.3 is 0 Å². The molecule has 0 spiro atoms. The summed E-state index contributed by atoms with van der Waals surface area (Å²) in [4.78, 5) is 12.0. The summed E-state index contributed by atoms with van der Waals surface area (Å²) in [6, 6.07) is 5.76. The van der Waals surface area contributed by atoms with Crippen molar-refractivity contribution in [1.29, 1.82) is 0 Å². The first kappa shape index (κ1) is 14.6. The Morgan fingerprint density at radius 3 is 2.82 bits per heavy atom. The van der Waals surface area contributed by atoms with Crippen molar-refractivity contribution in [3.8, 4) is 16.9 Å². The largest absolute Gasteiger partial charge is 0.478 e. The summed E-state index contributed by atoms with van der Waals surface area (Å²) in [5, 5.41) is 6.90. The van der Waals surface area contributed by atoms with Crippen LogP contribution in [-0.4, -0.2) is 17.2 Å². The van der Waals surface area contributed by atoms with Gasteiger partial charge in [-0.1, -0.05) is 24.6 Å². The van der Waals surface area contributed by atoms with Crippen LogP contribution in [0.4, 0.5) is 5.69 Å². The lowest BCUT2D eigenvalue weighted by molar-refractivity contribution is -0.123. The van der Waals surface area contributed by atoms with Gasteiger partial charge in [0.05, 0.1) is 11.4 Å². The summed E-state index contributed by atoms with van der Waals surface area (Å²) < 4.78 is 11.1. The van der Waals surface area contributed by atoms with E-state index in [0.29, 0.717) is 11.4 Å². The van der Waals surface area contributed by atoms with Gasteiger partial charge in [0.25, 0.3) is 5.91 Å². The molecule has 0 bridgehead atoms. The van der Waals surface area contributed by atoms with E-state index >= 15 is 0 Å². The topological polar surface area (TPSA) is 64.4 Å². The number of nitrogens with zero attached hydrogens (tertiary/aromatic N) is 1. The van der Waals surface area contributed by atoms with Crippen molar-refractivity contribution < 1.29 is 14.1 Å². The molecule has 3 rings (SSSR count). The number of carbonyl (C=O) groups is 1. The number of aromatic nitrogens is 1. The van der Waals surface area contributed by atoms with E-state index in [-0.39, 0.29) is 5.91 Å². The zero-order chi connectivity index (χ0) is 15.7. The Bertz CT molecular complexity index is 686. The maximum absolute atomic E-state index is 12.0. The second kappa shape index (κ2) is 5.83. The maximum atomic E-state index is 12.0. The number of hydrogen-bond acceptors (Lipinski definition) is 4. The molecule has 5 nitrogen and oxygen atoms in total. The Balaban J connectivity index is 1.92. The number of fused-ring (bicyclic) bond motifs is 1. The van der Waals surface area contributed by atoms with E-state index in [1.807, 2.05) is 32.0 Å². The number of carbonyl (C=O) groups excluding carboxylic acids is 1. The predicted octanol–water partition coefficient (Wildman–Crippen LogP) is 3.85. The van der Waals surface area contributed by atoms with Crippen LogP contribution in [0.25, 0.3) is 11.1 Å². The summed E-state index contributed by atoms with van der Waals surface area (Å²) in [5.74, 6) is 1.42. The molecule has 1 aliphatic heterocycles. The number of ether oxygens (including phenoxy) is 1. The van der Waals surface area contributed by atoms with E-state index in [9.17, 15) is 4.79 Å². The number of nitrogens with one attached hydrogen (secondary N) is 1. The monoisotopic (exact) mass is 300 g/mol. The van der Waals surface area contributed by atoms with E-state index < -0.39 is 6.10 Å². The molecule has 1 aromatic heterocycles. The summed E-state index contributed by atoms with van der Waals surface area (Å²) in [5.41, 5.74) is 3.53. The molecular weight excluding hydrogens is 280 g/mol. The maximum Gasteiger partial charge on any atom is 0.265 e. The molecule has 1 aromatic carbocycles. The van der Waals surface area contributed by atoms with E-state index in [0.717, 1.165) is 41.8 Å². The van der Waals surface area contributed by atoms with Gasteiger partial charge in [0.15, 0.2) is 6.10 Å². The summed E-state index contributed by atoms with van der Waals surface area (Å²) >= 11 is 0. The van der Waals surface area contributed by atoms with Crippen LogP contribution in [0, 0.1) is 13.8 Å². The fourth-order valence-corrected chi connectivity index (χ4v) is 2.77. The normalized spacial score (nSPS) is 16.9. The molecule has 0 aliphatic carbocycles. The molecule has 0 radical (unpaired) electrons. The van der Waals surface area contributed by atoms with Crippen LogP contribution >= 0.6 is 0 Å². The molecule has 1 N–H and O–H groups in total. The van der Waals surface area contributed by atoms with Gasteiger partial charge in [-0.25, -0.2) is 0 Å². The summed E-state index contributed by atoms with van der Waals surface area (Å²) in [6.45, 7) is 5.91. The highest BCUT2D eigenvalue weighted by molar-refractivity contribution is 5.98. The van der Waals surface area contributed by atoms with Crippen LogP contribution in [0.3, 0.4) is 0 Å². The number of amides is 1. The Morgan fingerprint density at radius 1 is 1.32 bits per heavy atom. The molecule has 1 aliphatic rings. The lowest BCUT2D eigenvalue weighted by Crippen LogP contribution is -2.36. The summed E-state index contributed by atoms with van der Waals surface area (Å²) in [7, 11) is 0. The molecule has 0 saturated heterocycles. The predicted molar refractivity (Wildman–Crippen MR) is 84.0 cm³/mol. The van der Waals surface area contributed by atoms with Crippen molar-refractivity contribution in [2.75, 3.05) is 5.32 Å². The zero-order valence-corrected chi connectivity index (χ0v) is 13.1. The van der Waals surface area contributed by atoms with Gasteiger partial charge in [0.2, 0.25) is 0 Å². The molecule has 2 aromatic rings. The van der Waals surface area contributed by atoms with Crippen molar-refractivity contribution in [3.05, 3.63) is 29.7 Å². The van der Waals surface area contributed by atoms with E-state index in [1.54, 1.807) is 0 Å². The lowest BCUT2D eigenvalue weighted by Gasteiger charge is -2.26. The minimum atomic E-state index is -0.410. The molecule has 0 fully saturated rings. The second-order valence-corrected chi connectivity index (χ2v) is 5.65. The van der Waals surface area contributed by atoms with E-state index in [1.165, 1.54) is 0 Å². The number of anilines is 1. The summed E-state index contributed by atoms with van der Waals surface area (Å²) in [6.07, 6.45) is 2.33. The third-order valence-electron chi connectivity index (χ3n) is 3.94. The lowest BCUT2D eigenvalue weighted by atomic mass is 10.0. The van der Waals surface area contributed by atoms with Gasteiger partial charge in [-0.3, -0.25) is 4.79 Å². The first-order valence-corrected chi connectivity index (χ1v) is 7.65. The van der Waals surface area contributed by atoms with Gasteiger partial charge in [-0.15, -0.1) is 0 Å². The van der Waals surface area contributed by atoms with Crippen molar-refractivity contribution >= 4 is 11.6 Å². The van der Waals surface area contributed by atoms with Crippen LogP contribution in [0.1, 0.15) is 37.6 Å². The van der Waals surface area contributed by atoms with Crippen LogP contribution in [0.2, 0.25) is 0 Å². The van der Waals surface area contributed by atoms with Gasteiger partial charge in [-0.05, 0) is 44.4 Å². The second-order valence-electron chi connectivity index (χ2n) is 5.65. The highest BCUT2D eigenvalue weighted by Gasteiger charge is 2.27. The first-order valence-electron chi connectivity index (χ1n) is 7.65. The van der Waals surface area contributed by atoms with Crippen LogP contribution in [-0.2, 0) is 4.79 Å². The third-order valence-corrected chi connectivity index (χ3v) is 3.94. The van der Waals surface area contributed by atoms with Crippen molar-refractivity contribution in [1.82, 2.24) is 5.16 Å². The first-order chi connectivity index (χ1) is 10.6. The minimum absolute atomic E-state index is 0.0639. The SMILES string of the molecule is CCCCC1Oc2cc(-c3c(C)noc3C)ccc2NC1=O. The molecule has 1 amide bonds. The van der Waals surface area contributed by atoms with Gasteiger partial charge in [0, 0.05) is 5.56 Å². The number of rotatable bonds is 4. The van der Waals surface area contributed by atoms with E-state index in [2.05, 4.69) is 17.4 Å². The van der Waals surface area contributed by atoms with Gasteiger partial charge < -0.3 is 14.6 Å². The average molecular weight is 300 g/mol. The average Bonchev–Trinajstić information content (AvgIpc) is 2.84. The number of benzene rings is 1. The van der Waals surface area contributed by atoms with Crippen molar-refractivity contribution in [2.24, 2.45) is 0 Å². The van der Waals surface area contributed by atoms with Crippen LogP contribution in [0.5, 0.6) is 5.75 Å². The van der Waals surface area contributed by atoms with Crippen LogP contribution < -0.4 is 10.1 Å². The quantitative estimate of drug-likeness (QED) is 0.931. The molecule has 116 valence electrons. The standard InChI is InChI=1S/C17H20N2O3/c1-4-5-6-14-17(20)18-13-8-7-12(9-15(13)21-14)16-10(2)19-22-11(16)3/h7-9,14H,4-6H2,1-3H3,(H,18,20). The fraction of sp³-hybridized carbons (Fsp3) is 0.412. The van der Waals surface area contributed by atoms with E-state index in [4.69, 9.17) is 9.26 Å². The Kier molecular flexibility index (Phi) is 3.88. The molecule has 1 atom stereocenters. The molecule has 1 unspecified atom stereocenters. The number of unbranched alkanes of at least 4 members (excludes halogenated alkanes) is 1. The molecule has 2 heterocycles. The zero-order valence-electron chi connectivity index (χ0n) is 13.1. The Morgan fingerprint density at radius 2 is 2.14 bits per heavy atom. The highest BCUT2D eigenvalue weighted by atomic mass is 16.5. The highest BCUT2D eigenvalue weighted by Crippen LogP contribution is 2.36. The third kappa shape index (κ3) is 2.58. The minimum Gasteiger partial charge on any atom is -0.478 e. The molecular formula is C17H20N2O3. The Labute approximate surface area is 129 Å². The van der Waals surface area contributed by atoms with Gasteiger partial charge in [-0.2, -0.15) is 0 Å². The van der Waals surface area contributed by atoms with Crippen molar-refractivity contribution in [3.63, 3.8) is 0 Å². The van der Waals surface area contributed by atoms with Gasteiger partial charge in [0.1, 0.15) is 11.5 Å². The molecule has 22 heavy (non-hydrogen) atoms. The number of hydrogen-bond donors (Lipinski definition) is 1. The van der Waals surface area contributed by atoms with Crippen molar-refractivity contribution in [2.45, 2.75) is 46.1 Å². The Hall–Kier alpha value is -2.30.